The van der Waals surface area contributed by atoms with Gasteiger partial charge < -0.3 is 4.74 Å². The van der Waals surface area contributed by atoms with Crippen LogP contribution in [0.5, 0.6) is 5.75 Å². The van der Waals surface area contributed by atoms with Crippen molar-refractivity contribution in [3.8, 4) is 22.8 Å². The maximum Gasteiger partial charge on any atom is 0.196 e. The van der Waals surface area contributed by atoms with Gasteiger partial charge in [-0.15, -0.1) is 10.2 Å². The Labute approximate surface area is 175 Å². The lowest BCUT2D eigenvalue weighted by molar-refractivity contribution is 0.414. The first-order valence-electron chi connectivity index (χ1n) is 9.58. The number of ether oxygens (including phenoxy) is 1. The van der Waals surface area contributed by atoms with Crippen molar-refractivity contribution in [3.63, 3.8) is 0 Å². The van der Waals surface area contributed by atoms with E-state index in [1.165, 1.54) is 11.1 Å². The second kappa shape index (κ2) is 8.97. The number of benzene rings is 3. The molecule has 0 aliphatic heterocycles. The van der Waals surface area contributed by atoms with Gasteiger partial charge in [0.05, 0.1) is 7.11 Å². The number of nitrogens with zero attached hydrogens (tertiary/aromatic N) is 3. The monoisotopic (exact) mass is 401 g/mol. The number of para-hydroxylation sites is 1. The van der Waals surface area contributed by atoms with E-state index in [0.717, 1.165) is 40.2 Å². The molecule has 1 heterocycles. The lowest BCUT2D eigenvalue weighted by Gasteiger charge is -2.11. The molecule has 3 aromatic carbocycles. The van der Waals surface area contributed by atoms with E-state index < -0.39 is 0 Å². The van der Waals surface area contributed by atoms with Gasteiger partial charge in [-0.25, -0.2) is 0 Å². The molecule has 0 radical (unpaired) electrons. The van der Waals surface area contributed by atoms with Crippen LogP contribution in [-0.2, 0) is 6.42 Å². The molecule has 4 aromatic rings. The Kier molecular flexibility index (Phi) is 5.96. The molecule has 0 aliphatic carbocycles. The number of hydrogen-bond acceptors (Lipinski definition) is 4. The molecule has 0 saturated heterocycles. The zero-order valence-corrected chi connectivity index (χ0v) is 17.4. The predicted molar refractivity (Wildman–Crippen MR) is 119 cm³/mol. The van der Waals surface area contributed by atoms with Crippen LogP contribution in [0.2, 0.25) is 0 Å². The van der Waals surface area contributed by atoms with Gasteiger partial charge >= 0.3 is 0 Å². The van der Waals surface area contributed by atoms with Crippen LogP contribution in [0.25, 0.3) is 17.1 Å². The normalized spacial score (nSPS) is 10.8. The standard InChI is InChI=1S/C24H23N3OS/c1-18-7-6-8-20(17-18)23-25-26-24(27(23)21-9-4-3-5-10-21)29-16-15-19-11-13-22(28-2)14-12-19/h3-14,17H,15-16H2,1-2H3. The van der Waals surface area contributed by atoms with Gasteiger partial charge in [-0.2, -0.15) is 0 Å². The molecular weight excluding hydrogens is 378 g/mol. The Morgan fingerprint density at radius 3 is 2.41 bits per heavy atom. The molecule has 0 aliphatic rings. The van der Waals surface area contributed by atoms with Gasteiger partial charge in [0.25, 0.3) is 0 Å². The van der Waals surface area contributed by atoms with Gasteiger partial charge in [-0.05, 0) is 49.2 Å². The molecular formula is C24H23N3OS. The molecule has 4 rings (SSSR count). The Hall–Kier alpha value is -3.05. The summed E-state index contributed by atoms with van der Waals surface area (Å²) in [6.07, 6.45) is 0.954. The first kappa shape index (κ1) is 19.3. The van der Waals surface area contributed by atoms with Crippen molar-refractivity contribution in [2.75, 3.05) is 12.9 Å². The Morgan fingerprint density at radius 1 is 0.897 bits per heavy atom. The second-order valence-electron chi connectivity index (χ2n) is 6.79. The maximum atomic E-state index is 5.23. The van der Waals surface area contributed by atoms with Crippen LogP contribution < -0.4 is 4.74 Å². The van der Waals surface area contributed by atoms with Crippen LogP contribution >= 0.6 is 11.8 Å². The van der Waals surface area contributed by atoms with Crippen LogP contribution in [0.4, 0.5) is 0 Å². The van der Waals surface area contributed by atoms with E-state index >= 15 is 0 Å². The molecule has 5 heteroatoms. The van der Waals surface area contributed by atoms with Crippen molar-refractivity contribution in [1.29, 1.82) is 0 Å². The van der Waals surface area contributed by atoms with Gasteiger partial charge in [0.15, 0.2) is 11.0 Å². The number of aromatic nitrogens is 3. The van der Waals surface area contributed by atoms with E-state index in [1.807, 2.05) is 30.3 Å². The highest BCUT2D eigenvalue weighted by Gasteiger charge is 2.16. The largest absolute Gasteiger partial charge is 0.497 e. The first-order chi connectivity index (χ1) is 14.2. The summed E-state index contributed by atoms with van der Waals surface area (Å²) in [5.41, 5.74) is 4.63. The predicted octanol–water partition coefficient (Wildman–Crippen LogP) is 5.59. The third-order valence-corrected chi connectivity index (χ3v) is 5.64. The highest BCUT2D eigenvalue weighted by Crippen LogP contribution is 2.28. The van der Waals surface area contributed by atoms with Crippen molar-refractivity contribution in [2.24, 2.45) is 0 Å². The van der Waals surface area contributed by atoms with Crippen molar-refractivity contribution in [3.05, 3.63) is 90.0 Å². The molecule has 0 saturated carbocycles. The highest BCUT2D eigenvalue weighted by atomic mass is 32.2. The van der Waals surface area contributed by atoms with Gasteiger partial charge in [0, 0.05) is 17.0 Å². The molecule has 29 heavy (non-hydrogen) atoms. The van der Waals surface area contributed by atoms with Crippen molar-refractivity contribution >= 4 is 11.8 Å². The maximum absolute atomic E-state index is 5.23. The summed E-state index contributed by atoms with van der Waals surface area (Å²) in [6, 6.07) is 26.9. The lowest BCUT2D eigenvalue weighted by atomic mass is 10.1. The van der Waals surface area contributed by atoms with Gasteiger partial charge in [-0.3, -0.25) is 4.57 Å². The molecule has 1 aromatic heterocycles. The average Bonchev–Trinajstić information content (AvgIpc) is 3.19. The summed E-state index contributed by atoms with van der Waals surface area (Å²) in [4.78, 5) is 0. The molecule has 0 fully saturated rings. The molecule has 146 valence electrons. The minimum Gasteiger partial charge on any atom is -0.497 e. The third kappa shape index (κ3) is 4.51. The van der Waals surface area contributed by atoms with Gasteiger partial charge in [0.1, 0.15) is 5.75 Å². The van der Waals surface area contributed by atoms with Crippen LogP contribution in [0.1, 0.15) is 11.1 Å². The van der Waals surface area contributed by atoms with E-state index in [4.69, 9.17) is 4.74 Å². The average molecular weight is 402 g/mol. The number of thioether (sulfide) groups is 1. The van der Waals surface area contributed by atoms with Crippen molar-refractivity contribution in [1.82, 2.24) is 14.8 Å². The van der Waals surface area contributed by atoms with Gasteiger partial charge in [0.2, 0.25) is 0 Å². The lowest BCUT2D eigenvalue weighted by Crippen LogP contribution is -2.00. The smallest absolute Gasteiger partial charge is 0.196 e. The second-order valence-corrected chi connectivity index (χ2v) is 7.86. The Bertz CT molecular complexity index is 1070. The summed E-state index contributed by atoms with van der Waals surface area (Å²) in [5, 5.41) is 9.94. The Balaban J connectivity index is 1.59. The summed E-state index contributed by atoms with van der Waals surface area (Å²) in [6.45, 7) is 2.09. The van der Waals surface area contributed by atoms with E-state index in [1.54, 1.807) is 18.9 Å². The minimum absolute atomic E-state index is 0.867. The zero-order chi connectivity index (χ0) is 20.1. The van der Waals surface area contributed by atoms with E-state index in [-0.39, 0.29) is 0 Å². The van der Waals surface area contributed by atoms with Crippen LogP contribution in [0.3, 0.4) is 0 Å². The number of aryl methyl sites for hydroxylation is 2. The van der Waals surface area contributed by atoms with E-state index in [0.29, 0.717) is 0 Å². The van der Waals surface area contributed by atoms with Crippen LogP contribution in [0, 0.1) is 6.92 Å². The molecule has 0 N–H and O–H groups in total. The summed E-state index contributed by atoms with van der Waals surface area (Å²) in [7, 11) is 1.69. The highest BCUT2D eigenvalue weighted by molar-refractivity contribution is 7.99. The summed E-state index contributed by atoms with van der Waals surface area (Å²) >= 11 is 1.72. The number of rotatable bonds is 7. The summed E-state index contributed by atoms with van der Waals surface area (Å²) in [5.74, 6) is 2.67. The van der Waals surface area contributed by atoms with Crippen LogP contribution in [-0.4, -0.2) is 27.6 Å². The van der Waals surface area contributed by atoms with Gasteiger partial charge in [-0.1, -0.05) is 65.9 Å². The van der Waals surface area contributed by atoms with E-state index in [9.17, 15) is 0 Å². The molecule has 4 nitrogen and oxygen atoms in total. The molecule has 0 atom stereocenters. The fourth-order valence-electron chi connectivity index (χ4n) is 3.20. The van der Waals surface area contributed by atoms with Crippen molar-refractivity contribution < 1.29 is 4.74 Å². The van der Waals surface area contributed by atoms with E-state index in [2.05, 4.69) is 70.2 Å². The zero-order valence-electron chi connectivity index (χ0n) is 16.6. The molecule has 0 unspecified atom stereocenters. The van der Waals surface area contributed by atoms with Crippen molar-refractivity contribution in [2.45, 2.75) is 18.5 Å². The number of methoxy groups -OCH3 is 1. The fourth-order valence-corrected chi connectivity index (χ4v) is 4.14. The summed E-state index contributed by atoms with van der Waals surface area (Å²) < 4.78 is 7.38. The number of hydrogen-bond donors (Lipinski definition) is 0. The fraction of sp³-hybridized carbons (Fsp3) is 0.167. The first-order valence-corrected chi connectivity index (χ1v) is 10.6. The SMILES string of the molecule is COc1ccc(CCSc2nnc(-c3cccc(C)c3)n2-c2ccccc2)cc1. The third-order valence-electron chi connectivity index (χ3n) is 4.70. The quantitative estimate of drug-likeness (QED) is 0.379. The minimum atomic E-state index is 0.867. The molecule has 0 bridgehead atoms. The van der Waals surface area contributed by atoms with Crippen LogP contribution in [0.15, 0.2) is 84.0 Å². The molecule has 0 spiro atoms. The topological polar surface area (TPSA) is 39.9 Å². The Morgan fingerprint density at radius 2 is 1.69 bits per heavy atom. The molecule has 0 amide bonds.